The maximum absolute atomic E-state index is 11.8. The minimum absolute atomic E-state index is 0.0751. The number of carbonyl (C=O) groups is 2. The molecule has 1 atom stereocenters. The molecule has 0 aliphatic heterocycles. The fourth-order valence-electron chi connectivity index (χ4n) is 1.67. The van der Waals surface area contributed by atoms with E-state index in [0.717, 1.165) is 0 Å². The summed E-state index contributed by atoms with van der Waals surface area (Å²) in [6.45, 7) is 0. The van der Waals surface area contributed by atoms with Crippen LogP contribution in [0.3, 0.4) is 0 Å². The zero-order valence-electron chi connectivity index (χ0n) is 11.0. The Labute approximate surface area is 119 Å². The van der Waals surface area contributed by atoms with Gasteiger partial charge in [-0.1, -0.05) is 12.1 Å². The lowest BCUT2D eigenvalue weighted by atomic mass is 10.1. The van der Waals surface area contributed by atoms with Gasteiger partial charge in [-0.3, -0.25) is 9.59 Å². The van der Waals surface area contributed by atoms with Gasteiger partial charge in [0.25, 0.3) is 0 Å². The topological polar surface area (TPSA) is 147 Å². The summed E-state index contributed by atoms with van der Waals surface area (Å²) in [7, 11) is 0. The van der Waals surface area contributed by atoms with Crippen molar-refractivity contribution < 1.29 is 14.7 Å². The van der Waals surface area contributed by atoms with Gasteiger partial charge in [0.05, 0.1) is 6.04 Å². The molecular weight excluding hydrogens is 276 g/mol. The fourth-order valence-corrected chi connectivity index (χ4v) is 1.67. The third-order valence-corrected chi connectivity index (χ3v) is 2.74. The van der Waals surface area contributed by atoms with Gasteiger partial charge in [0, 0.05) is 17.7 Å². The van der Waals surface area contributed by atoms with Crippen LogP contribution in [0, 0.1) is 0 Å². The second-order valence-corrected chi connectivity index (χ2v) is 4.34. The number of carboxylic acids is 1. The van der Waals surface area contributed by atoms with E-state index in [9.17, 15) is 9.59 Å². The molecule has 0 aliphatic carbocycles. The van der Waals surface area contributed by atoms with Crippen LogP contribution in [0.5, 0.6) is 0 Å². The van der Waals surface area contributed by atoms with E-state index in [1.165, 1.54) is 0 Å². The predicted molar refractivity (Wildman–Crippen MR) is 73.1 cm³/mol. The van der Waals surface area contributed by atoms with Gasteiger partial charge >= 0.3 is 5.97 Å². The van der Waals surface area contributed by atoms with Crippen LogP contribution in [-0.4, -0.2) is 43.6 Å². The Balaban J connectivity index is 2.01. The smallest absolute Gasteiger partial charge is 0.303 e. The lowest BCUT2D eigenvalue weighted by Gasteiger charge is -2.11. The van der Waals surface area contributed by atoms with E-state index in [4.69, 9.17) is 10.8 Å². The Morgan fingerprint density at radius 1 is 1.43 bits per heavy atom. The molecule has 1 amide bonds. The van der Waals surface area contributed by atoms with E-state index in [2.05, 4.69) is 25.9 Å². The normalized spacial score (nSPS) is 11.9. The first-order valence-electron chi connectivity index (χ1n) is 6.18. The molecule has 1 heterocycles. The van der Waals surface area contributed by atoms with Crippen molar-refractivity contribution in [2.24, 2.45) is 5.73 Å². The molecule has 1 aromatic heterocycles. The monoisotopic (exact) mass is 290 g/mol. The molecule has 9 heteroatoms. The highest BCUT2D eigenvalue weighted by Crippen LogP contribution is 2.18. The van der Waals surface area contributed by atoms with Crippen LogP contribution in [-0.2, 0) is 9.59 Å². The molecule has 2 aromatic rings. The number of anilines is 1. The van der Waals surface area contributed by atoms with Crippen LogP contribution in [0.15, 0.2) is 24.3 Å². The number of hydrogen-bond donors (Lipinski definition) is 4. The molecule has 0 saturated heterocycles. The number of benzene rings is 1. The summed E-state index contributed by atoms with van der Waals surface area (Å²) in [5.41, 5.74) is 6.83. The summed E-state index contributed by atoms with van der Waals surface area (Å²) in [4.78, 5) is 22.3. The maximum Gasteiger partial charge on any atom is 0.303 e. The summed E-state index contributed by atoms with van der Waals surface area (Å²) in [6, 6.07) is 5.97. The lowest BCUT2D eigenvalue weighted by molar-refractivity contribution is -0.137. The second kappa shape index (κ2) is 6.57. The second-order valence-electron chi connectivity index (χ2n) is 4.34. The first-order valence-corrected chi connectivity index (χ1v) is 6.18. The number of aromatic nitrogens is 4. The van der Waals surface area contributed by atoms with Crippen molar-refractivity contribution in [3.05, 3.63) is 24.3 Å². The van der Waals surface area contributed by atoms with Crippen molar-refractivity contribution in [1.29, 1.82) is 0 Å². The number of amides is 1. The summed E-state index contributed by atoms with van der Waals surface area (Å²) >= 11 is 0. The van der Waals surface area contributed by atoms with Crippen LogP contribution in [0.25, 0.3) is 11.4 Å². The molecule has 0 aliphatic rings. The third-order valence-electron chi connectivity index (χ3n) is 2.74. The van der Waals surface area contributed by atoms with Crippen LogP contribution in [0.1, 0.15) is 12.8 Å². The highest BCUT2D eigenvalue weighted by Gasteiger charge is 2.15. The number of carboxylic acid groups (broad SMARTS) is 1. The summed E-state index contributed by atoms with van der Waals surface area (Å²) in [5.74, 6) is -1.03. The molecule has 0 spiro atoms. The van der Waals surface area contributed by atoms with E-state index in [-0.39, 0.29) is 12.8 Å². The van der Waals surface area contributed by atoms with Crippen LogP contribution < -0.4 is 11.1 Å². The Hall–Kier alpha value is -2.81. The summed E-state index contributed by atoms with van der Waals surface area (Å²) < 4.78 is 0. The number of carbonyl (C=O) groups excluding carboxylic acids is 1. The zero-order valence-corrected chi connectivity index (χ0v) is 11.0. The number of rotatable bonds is 6. The minimum atomic E-state index is -0.989. The standard InChI is InChI=1S/C12H14N6O3/c13-9(4-5-10(19)20)12(21)14-8-3-1-2-7(6-8)11-15-17-18-16-11/h1-3,6,9H,4-5,13H2,(H,14,21)(H,19,20)(H,15,16,17,18). The molecule has 9 nitrogen and oxygen atoms in total. The van der Waals surface area contributed by atoms with Crippen molar-refractivity contribution >= 4 is 17.6 Å². The van der Waals surface area contributed by atoms with E-state index in [1.54, 1.807) is 24.3 Å². The molecule has 110 valence electrons. The van der Waals surface area contributed by atoms with Gasteiger partial charge in [0.2, 0.25) is 11.7 Å². The highest BCUT2D eigenvalue weighted by atomic mass is 16.4. The Morgan fingerprint density at radius 3 is 2.90 bits per heavy atom. The van der Waals surface area contributed by atoms with Gasteiger partial charge < -0.3 is 16.2 Å². The van der Waals surface area contributed by atoms with Crippen molar-refractivity contribution in [2.45, 2.75) is 18.9 Å². The number of H-pyrrole nitrogens is 1. The van der Waals surface area contributed by atoms with Crippen molar-refractivity contribution in [1.82, 2.24) is 20.6 Å². The summed E-state index contributed by atoms with van der Waals surface area (Å²) in [6.07, 6.45) is -0.0802. The van der Waals surface area contributed by atoms with Crippen molar-refractivity contribution in [2.75, 3.05) is 5.32 Å². The van der Waals surface area contributed by atoms with Gasteiger partial charge in [-0.2, -0.15) is 5.21 Å². The zero-order chi connectivity index (χ0) is 15.2. The van der Waals surface area contributed by atoms with Gasteiger partial charge in [0.1, 0.15) is 0 Å². The SMILES string of the molecule is NC(CCC(=O)O)C(=O)Nc1cccc(-c2nn[nH]n2)c1. The van der Waals surface area contributed by atoms with E-state index in [0.29, 0.717) is 17.1 Å². The number of hydrogen-bond acceptors (Lipinski definition) is 6. The van der Waals surface area contributed by atoms with Gasteiger partial charge in [0.15, 0.2) is 0 Å². The number of nitrogens with one attached hydrogen (secondary N) is 2. The number of nitrogens with zero attached hydrogens (tertiary/aromatic N) is 3. The van der Waals surface area contributed by atoms with Crippen LogP contribution in [0.2, 0.25) is 0 Å². The molecule has 5 N–H and O–H groups in total. The first-order chi connectivity index (χ1) is 10.1. The van der Waals surface area contributed by atoms with Crippen molar-refractivity contribution in [3.8, 4) is 11.4 Å². The lowest BCUT2D eigenvalue weighted by Crippen LogP contribution is -2.36. The van der Waals surface area contributed by atoms with Gasteiger partial charge in [-0.25, -0.2) is 0 Å². The number of tetrazole rings is 1. The molecule has 0 fully saturated rings. The van der Waals surface area contributed by atoms with E-state index < -0.39 is 17.9 Å². The van der Waals surface area contributed by atoms with E-state index in [1.807, 2.05) is 0 Å². The van der Waals surface area contributed by atoms with E-state index >= 15 is 0 Å². The quantitative estimate of drug-likeness (QED) is 0.585. The molecule has 1 aromatic carbocycles. The minimum Gasteiger partial charge on any atom is -0.481 e. The molecule has 1 unspecified atom stereocenters. The highest BCUT2D eigenvalue weighted by molar-refractivity contribution is 5.95. The van der Waals surface area contributed by atoms with Gasteiger partial charge in [-0.15, -0.1) is 10.2 Å². The van der Waals surface area contributed by atoms with Crippen LogP contribution in [0.4, 0.5) is 5.69 Å². The average molecular weight is 290 g/mol. The number of aromatic amines is 1. The Bertz CT molecular complexity index is 628. The molecule has 0 radical (unpaired) electrons. The number of aliphatic carboxylic acids is 1. The first kappa shape index (κ1) is 14.6. The maximum atomic E-state index is 11.8. The summed E-state index contributed by atoms with van der Waals surface area (Å²) in [5, 5.41) is 24.7. The molecule has 0 saturated carbocycles. The van der Waals surface area contributed by atoms with Crippen LogP contribution >= 0.6 is 0 Å². The largest absolute Gasteiger partial charge is 0.481 e. The predicted octanol–water partition coefficient (Wildman–Crippen LogP) is -0.00270. The molecule has 2 rings (SSSR count). The molecule has 0 bridgehead atoms. The third kappa shape index (κ3) is 4.08. The Morgan fingerprint density at radius 2 is 2.24 bits per heavy atom. The van der Waals surface area contributed by atoms with Crippen molar-refractivity contribution in [3.63, 3.8) is 0 Å². The Kier molecular flexibility index (Phi) is 4.57. The molecule has 21 heavy (non-hydrogen) atoms. The molecular formula is C12H14N6O3. The average Bonchev–Trinajstić information content (AvgIpc) is 2.99. The fraction of sp³-hybridized carbons (Fsp3) is 0.250. The van der Waals surface area contributed by atoms with Gasteiger partial charge in [-0.05, 0) is 23.8 Å². The number of nitrogens with two attached hydrogens (primary N) is 1.